The SMILES string of the molecule is CCC(C(=O)OC)=C1CCN(C(=O)OC(C)(C)C)CC1. The second-order valence-corrected chi connectivity index (χ2v) is 5.89. The van der Waals surface area contributed by atoms with Gasteiger partial charge < -0.3 is 14.4 Å². The number of nitrogens with zero attached hydrogens (tertiary/aromatic N) is 1. The summed E-state index contributed by atoms with van der Waals surface area (Å²) < 4.78 is 10.1. The van der Waals surface area contributed by atoms with Gasteiger partial charge in [-0.3, -0.25) is 0 Å². The summed E-state index contributed by atoms with van der Waals surface area (Å²) in [7, 11) is 1.40. The molecule has 1 aliphatic rings. The van der Waals surface area contributed by atoms with Crippen molar-refractivity contribution in [3.8, 4) is 0 Å². The van der Waals surface area contributed by atoms with Crippen LogP contribution in [0.15, 0.2) is 11.1 Å². The summed E-state index contributed by atoms with van der Waals surface area (Å²) in [4.78, 5) is 25.3. The van der Waals surface area contributed by atoms with Gasteiger partial charge in [0.25, 0.3) is 0 Å². The molecular weight excluding hydrogens is 258 g/mol. The van der Waals surface area contributed by atoms with Gasteiger partial charge in [0.05, 0.1) is 7.11 Å². The van der Waals surface area contributed by atoms with Crippen molar-refractivity contribution in [3.63, 3.8) is 0 Å². The van der Waals surface area contributed by atoms with Gasteiger partial charge in [-0.2, -0.15) is 0 Å². The minimum atomic E-state index is -0.478. The molecule has 0 saturated carbocycles. The number of amides is 1. The molecule has 5 heteroatoms. The molecule has 1 aliphatic heterocycles. The van der Waals surface area contributed by atoms with Crippen LogP contribution in [-0.4, -0.2) is 42.8 Å². The lowest BCUT2D eigenvalue weighted by atomic mass is 9.96. The molecule has 1 rings (SSSR count). The van der Waals surface area contributed by atoms with Crippen molar-refractivity contribution in [2.45, 2.75) is 52.6 Å². The predicted molar refractivity (Wildman–Crippen MR) is 76.4 cm³/mol. The van der Waals surface area contributed by atoms with Crippen molar-refractivity contribution in [2.24, 2.45) is 0 Å². The van der Waals surface area contributed by atoms with E-state index < -0.39 is 5.60 Å². The van der Waals surface area contributed by atoms with E-state index in [1.54, 1.807) is 4.90 Å². The topological polar surface area (TPSA) is 55.8 Å². The molecule has 0 aromatic carbocycles. The molecule has 1 heterocycles. The van der Waals surface area contributed by atoms with Gasteiger partial charge in [-0.1, -0.05) is 12.5 Å². The van der Waals surface area contributed by atoms with Crippen molar-refractivity contribution < 1.29 is 19.1 Å². The Labute approximate surface area is 120 Å². The number of methoxy groups -OCH3 is 1. The minimum Gasteiger partial charge on any atom is -0.466 e. The molecule has 1 fully saturated rings. The third-order valence-electron chi connectivity index (χ3n) is 3.23. The number of esters is 1. The molecule has 0 aromatic rings. The van der Waals surface area contributed by atoms with Crippen LogP contribution in [-0.2, 0) is 14.3 Å². The summed E-state index contributed by atoms with van der Waals surface area (Å²) in [5.41, 5.74) is 1.36. The van der Waals surface area contributed by atoms with E-state index in [4.69, 9.17) is 9.47 Å². The molecule has 0 atom stereocenters. The maximum absolute atomic E-state index is 11.9. The first kappa shape index (κ1) is 16.5. The number of hydrogen-bond acceptors (Lipinski definition) is 4. The van der Waals surface area contributed by atoms with Gasteiger partial charge in [-0.05, 0) is 40.0 Å². The Kier molecular flexibility index (Phi) is 5.60. The molecule has 20 heavy (non-hydrogen) atoms. The molecule has 5 nitrogen and oxygen atoms in total. The minimum absolute atomic E-state index is 0.256. The highest BCUT2D eigenvalue weighted by Gasteiger charge is 2.26. The van der Waals surface area contributed by atoms with Crippen LogP contribution in [0, 0.1) is 0 Å². The maximum Gasteiger partial charge on any atom is 0.410 e. The van der Waals surface area contributed by atoms with Gasteiger partial charge in [-0.25, -0.2) is 9.59 Å². The second kappa shape index (κ2) is 6.77. The molecule has 0 radical (unpaired) electrons. The Morgan fingerprint density at radius 2 is 1.75 bits per heavy atom. The average molecular weight is 283 g/mol. The largest absolute Gasteiger partial charge is 0.466 e. The van der Waals surface area contributed by atoms with Gasteiger partial charge in [-0.15, -0.1) is 0 Å². The van der Waals surface area contributed by atoms with Crippen molar-refractivity contribution >= 4 is 12.1 Å². The summed E-state index contributed by atoms with van der Waals surface area (Å²) >= 11 is 0. The van der Waals surface area contributed by atoms with Gasteiger partial charge in [0.2, 0.25) is 0 Å². The fraction of sp³-hybridized carbons (Fsp3) is 0.733. The first-order chi connectivity index (χ1) is 9.28. The van der Waals surface area contributed by atoms with Crippen LogP contribution < -0.4 is 0 Å². The second-order valence-electron chi connectivity index (χ2n) is 5.89. The summed E-state index contributed by atoms with van der Waals surface area (Å²) in [6, 6.07) is 0. The fourth-order valence-electron chi connectivity index (χ4n) is 2.25. The average Bonchev–Trinajstić information content (AvgIpc) is 2.38. The van der Waals surface area contributed by atoms with E-state index in [-0.39, 0.29) is 12.1 Å². The third kappa shape index (κ3) is 4.54. The van der Waals surface area contributed by atoms with Gasteiger partial charge in [0, 0.05) is 18.7 Å². The summed E-state index contributed by atoms with van der Waals surface area (Å²) in [6.07, 6.45) is 1.79. The third-order valence-corrected chi connectivity index (χ3v) is 3.23. The van der Waals surface area contributed by atoms with E-state index in [2.05, 4.69) is 0 Å². The molecule has 0 spiro atoms. The lowest BCUT2D eigenvalue weighted by Crippen LogP contribution is -2.40. The molecule has 1 amide bonds. The zero-order chi connectivity index (χ0) is 15.3. The quantitative estimate of drug-likeness (QED) is 0.577. The van der Waals surface area contributed by atoms with E-state index >= 15 is 0 Å². The predicted octanol–water partition coefficient (Wildman–Crippen LogP) is 2.90. The number of likely N-dealkylation sites (tertiary alicyclic amines) is 1. The van der Waals surface area contributed by atoms with Crippen LogP contribution in [0.3, 0.4) is 0 Å². The highest BCUT2D eigenvalue weighted by atomic mass is 16.6. The Hall–Kier alpha value is -1.52. The molecule has 0 unspecified atom stereocenters. The molecule has 0 bridgehead atoms. The number of carbonyl (C=O) groups is 2. The zero-order valence-corrected chi connectivity index (χ0v) is 13.1. The van der Waals surface area contributed by atoms with Gasteiger partial charge in [0.1, 0.15) is 5.60 Å². The lowest BCUT2D eigenvalue weighted by molar-refractivity contribution is -0.136. The summed E-state index contributed by atoms with van der Waals surface area (Å²) in [5, 5.41) is 0. The van der Waals surface area contributed by atoms with E-state index in [0.29, 0.717) is 32.4 Å². The maximum atomic E-state index is 11.9. The molecule has 0 N–H and O–H groups in total. The van der Waals surface area contributed by atoms with E-state index in [0.717, 1.165) is 11.1 Å². The smallest absolute Gasteiger partial charge is 0.410 e. The van der Waals surface area contributed by atoms with Crippen molar-refractivity contribution in [1.82, 2.24) is 4.90 Å². The van der Waals surface area contributed by atoms with E-state index in [1.165, 1.54) is 7.11 Å². The number of ether oxygens (including phenoxy) is 2. The van der Waals surface area contributed by atoms with Crippen molar-refractivity contribution in [1.29, 1.82) is 0 Å². The Bertz CT molecular complexity index is 397. The first-order valence-corrected chi connectivity index (χ1v) is 7.05. The lowest BCUT2D eigenvalue weighted by Gasteiger charge is -2.31. The Morgan fingerprint density at radius 3 is 2.15 bits per heavy atom. The van der Waals surface area contributed by atoms with Crippen LogP contribution in [0.1, 0.15) is 47.0 Å². The number of piperidine rings is 1. The highest BCUT2D eigenvalue weighted by molar-refractivity contribution is 5.89. The monoisotopic (exact) mass is 283 g/mol. The normalized spacial score (nSPS) is 15.8. The first-order valence-electron chi connectivity index (χ1n) is 7.05. The van der Waals surface area contributed by atoms with Crippen LogP contribution in [0.5, 0.6) is 0 Å². The van der Waals surface area contributed by atoms with Crippen LogP contribution in [0.25, 0.3) is 0 Å². The zero-order valence-electron chi connectivity index (χ0n) is 13.1. The van der Waals surface area contributed by atoms with Gasteiger partial charge in [0.15, 0.2) is 0 Å². The summed E-state index contributed by atoms with van der Waals surface area (Å²) in [5.74, 6) is -0.256. The van der Waals surface area contributed by atoms with Crippen LogP contribution >= 0.6 is 0 Å². The van der Waals surface area contributed by atoms with E-state index in [9.17, 15) is 9.59 Å². The number of rotatable bonds is 2. The number of hydrogen-bond donors (Lipinski definition) is 0. The summed E-state index contributed by atoms with van der Waals surface area (Å²) in [6.45, 7) is 8.68. The Balaban J connectivity index is 2.65. The van der Waals surface area contributed by atoms with Gasteiger partial charge >= 0.3 is 12.1 Å². The highest BCUT2D eigenvalue weighted by Crippen LogP contribution is 2.24. The van der Waals surface area contributed by atoms with Crippen molar-refractivity contribution in [3.05, 3.63) is 11.1 Å². The molecule has 1 saturated heterocycles. The van der Waals surface area contributed by atoms with Crippen LogP contribution in [0.2, 0.25) is 0 Å². The number of carbonyl (C=O) groups excluding carboxylic acids is 2. The van der Waals surface area contributed by atoms with E-state index in [1.807, 2.05) is 27.7 Å². The Morgan fingerprint density at radius 1 is 1.20 bits per heavy atom. The molecular formula is C15H25NO4. The molecule has 0 aromatic heterocycles. The standard InChI is InChI=1S/C15H25NO4/c1-6-12(13(17)19-5)11-7-9-16(10-8-11)14(18)20-15(2,3)4/h6-10H2,1-5H3. The molecule has 0 aliphatic carbocycles. The molecule has 114 valence electrons. The van der Waals surface area contributed by atoms with Crippen LogP contribution in [0.4, 0.5) is 4.79 Å². The van der Waals surface area contributed by atoms with Crippen molar-refractivity contribution in [2.75, 3.05) is 20.2 Å². The fourth-order valence-corrected chi connectivity index (χ4v) is 2.25.